The lowest BCUT2D eigenvalue weighted by molar-refractivity contribution is -0.139. The van der Waals surface area contributed by atoms with E-state index in [0.29, 0.717) is 26.4 Å². The van der Waals surface area contributed by atoms with Crippen molar-refractivity contribution in [3.8, 4) is 5.75 Å². The highest BCUT2D eigenvalue weighted by molar-refractivity contribution is 7.07. The van der Waals surface area contributed by atoms with Crippen molar-refractivity contribution in [1.29, 1.82) is 0 Å². The highest BCUT2D eigenvalue weighted by Gasteiger charge is 2.36. The summed E-state index contributed by atoms with van der Waals surface area (Å²) >= 11 is 1.32. The minimum absolute atomic E-state index is 0.211. The number of nitrogens with zero attached hydrogens (tertiary/aromatic N) is 3. The Morgan fingerprint density at radius 3 is 2.45 bits per heavy atom. The number of rotatable bonds is 8. The first kappa shape index (κ1) is 27.4. The van der Waals surface area contributed by atoms with Crippen molar-refractivity contribution in [1.82, 2.24) is 4.57 Å². The molecule has 0 aliphatic carbocycles. The van der Waals surface area contributed by atoms with Crippen molar-refractivity contribution < 1.29 is 14.3 Å². The molecule has 5 rings (SSSR count). The Morgan fingerprint density at radius 1 is 1.05 bits per heavy atom. The van der Waals surface area contributed by atoms with Gasteiger partial charge in [0, 0.05) is 24.3 Å². The molecule has 40 heavy (non-hydrogen) atoms. The summed E-state index contributed by atoms with van der Waals surface area (Å²) in [6.45, 7) is 9.88. The second-order valence-corrected chi connectivity index (χ2v) is 10.5. The number of hydrogen-bond acceptors (Lipinski definition) is 7. The lowest BCUT2D eigenvalue weighted by Gasteiger charge is -2.27. The van der Waals surface area contributed by atoms with Gasteiger partial charge >= 0.3 is 5.97 Å². The topological polar surface area (TPSA) is 73.1 Å². The Labute approximate surface area is 237 Å². The van der Waals surface area contributed by atoms with Crippen molar-refractivity contribution in [2.24, 2.45) is 4.99 Å². The molecule has 0 unspecified atom stereocenters. The molecule has 0 radical (unpaired) electrons. The van der Waals surface area contributed by atoms with Crippen LogP contribution in [0.4, 0.5) is 5.69 Å². The number of benzene rings is 3. The Morgan fingerprint density at radius 2 is 1.77 bits per heavy atom. The van der Waals surface area contributed by atoms with Crippen LogP contribution < -0.4 is 24.5 Å². The van der Waals surface area contributed by atoms with E-state index in [4.69, 9.17) is 14.5 Å². The normalized spacial score (nSPS) is 15.1. The SMILES string of the molecule is CCOC(=O)C1=C(C)N=c2s/c(=C\c3ccc(N(CC)CC)cc3)c(=O)n2[C@@H]1c1c(OC)ccc2ccccc12. The van der Waals surface area contributed by atoms with E-state index in [1.807, 2.05) is 54.6 Å². The fraction of sp³-hybridized carbons (Fsp3) is 0.281. The van der Waals surface area contributed by atoms with E-state index in [0.717, 1.165) is 40.7 Å². The summed E-state index contributed by atoms with van der Waals surface area (Å²) in [5.41, 5.74) is 3.43. The predicted octanol–water partition coefficient (Wildman–Crippen LogP) is 4.81. The van der Waals surface area contributed by atoms with Gasteiger partial charge in [0.1, 0.15) is 11.8 Å². The maximum Gasteiger partial charge on any atom is 0.338 e. The predicted molar refractivity (Wildman–Crippen MR) is 161 cm³/mol. The van der Waals surface area contributed by atoms with Crippen LogP contribution in [0.3, 0.4) is 0 Å². The second kappa shape index (κ2) is 11.5. The average Bonchev–Trinajstić information content (AvgIpc) is 3.27. The van der Waals surface area contributed by atoms with Crippen molar-refractivity contribution >= 4 is 39.8 Å². The summed E-state index contributed by atoms with van der Waals surface area (Å²) < 4.78 is 13.4. The Bertz CT molecular complexity index is 1780. The molecule has 2 heterocycles. The first-order valence-electron chi connectivity index (χ1n) is 13.5. The summed E-state index contributed by atoms with van der Waals surface area (Å²) in [6.07, 6.45) is 1.89. The van der Waals surface area contributed by atoms with Crippen molar-refractivity contribution in [2.75, 3.05) is 31.7 Å². The van der Waals surface area contributed by atoms with Crippen LogP contribution in [0, 0.1) is 0 Å². The number of anilines is 1. The third kappa shape index (κ3) is 4.84. The van der Waals surface area contributed by atoms with Gasteiger partial charge in [-0.3, -0.25) is 9.36 Å². The third-order valence-corrected chi connectivity index (χ3v) is 8.24. The van der Waals surface area contributed by atoms with Crippen LogP contribution in [0.25, 0.3) is 16.8 Å². The number of aromatic nitrogens is 1. The first-order valence-corrected chi connectivity index (χ1v) is 14.3. The molecule has 0 saturated heterocycles. The van der Waals surface area contributed by atoms with Gasteiger partial charge in [-0.15, -0.1) is 0 Å². The van der Waals surface area contributed by atoms with Gasteiger partial charge in [-0.2, -0.15) is 0 Å². The number of thiazole rings is 1. The van der Waals surface area contributed by atoms with E-state index >= 15 is 0 Å². The monoisotopic (exact) mass is 555 g/mol. The van der Waals surface area contributed by atoms with Gasteiger partial charge in [0.2, 0.25) is 0 Å². The van der Waals surface area contributed by atoms with Crippen molar-refractivity contribution in [2.45, 2.75) is 33.7 Å². The average molecular weight is 556 g/mol. The summed E-state index contributed by atoms with van der Waals surface area (Å²) in [7, 11) is 1.60. The van der Waals surface area contributed by atoms with Gasteiger partial charge in [0.05, 0.1) is 29.5 Å². The van der Waals surface area contributed by atoms with Crippen molar-refractivity contribution in [3.05, 3.63) is 103 Å². The number of carbonyl (C=O) groups excluding carboxylic acids is 1. The zero-order valence-corrected chi connectivity index (χ0v) is 24.2. The fourth-order valence-electron chi connectivity index (χ4n) is 5.32. The summed E-state index contributed by atoms with van der Waals surface area (Å²) in [4.78, 5) is 35.0. The number of allylic oxidation sites excluding steroid dienone is 1. The molecule has 0 amide bonds. The number of hydrogen-bond donors (Lipinski definition) is 0. The summed E-state index contributed by atoms with van der Waals surface area (Å²) in [5.74, 6) is 0.0896. The molecule has 0 saturated carbocycles. The van der Waals surface area contributed by atoms with Gasteiger partial charge in [-0.05, 0) is 68.3 Å². The van der Waals surface area contributed by atoms with Gasteiger partial charge < -0.3 is 14.4 Å². The molecule has 8 heteroatoms. The molecule has 1 aromatic heterocycles. The van der Waals surface area contributed by atoms with E-state index in [9.17, 15) is 9.59 Å². The zero-order chi connectivity index (χ0) is 28.4. The standard InChI is InChI=1S/C32H33N3O4S/c1-6-34(7-2)23-16-13-21(14-17-23)19-26-30(36)35-29(27(31(37)39-8-3)20(4)33-32(35)40-26)28-24-12-10-9-11-22(24)15-18-25(28)38-5/h9-19,29H,6-8H2,1-5H3/b26-19-/t29-/m0/s1. The molecule has 0 bridgehead atoms. The van der Waals surface area contributed by atoms with E-state index in [-0.39, 0.29) is 12.2 Å². The fourth-order valence-corrected chi connectivity index (χ4v) is 6.37. The third-order valence-electron chi connectivity index (χ3n) is 7.26. The largest absolute Gasteiger partial charge is 0.496 e. The van der Waals surface area contributed by atoms with E-state index in [2.05, 4.69) is 30.9 Å². The van der Waals surface area contributed by atoms with Crippen LogP contribution in [0.2, 0.25) is 0 Å². The Balaban J connectivity index is 1.75. The van der Waals surface area contributed by atoms with E-state index < -0.39 is 12.0 Å². The minimum Gasteiger partial charge on any atom is -0.496 e. The molecular weight excluding hydrogens is 522 g/mol. The Hall–Kier alpha value is -4.17. The molecule has 1 aliphatic rings. The summed E-state index contributed by atoms with van der Waals surface area (Å²) in [6, 6.07) is 19.2. The molecule has 0 spiro atoms. The number of ether oxygens (including phenoxy) is 2. The quantitative estimate of drug-likeness (QED) is 0.292. The molecule has 0 fully saturated rings. The number of esters is 1. The Kier molecular flexibility index (Phi) is 7.89. The maximum absolute atomic E-state index is 14.1. The molecule has 0 N–H and O–H groups in total. The smallest absolute Gasteiger partial charge is 0.338 e. The van der Waals surface area contributed by atoms with E-state index in [1.54, 1.807) is 25.5 Å². The minimum atomic E-state index is -0.761. The second-order valence-electron chi connectivity index (χ2n) is 9.47. The van der Waals surface area contributed by atoms with E-state index in [1.165, 1.54) is 11.3 Å². The number of fused-ring (bicyclic) bond motifs is 2. The molecule has 206 valence electrons. The highest BCUT2D eigenvalue weighted by atomic mass is 32.1. The van der Waals surface area contributed by atoms with Crippen LogP contribution >= 0.6 is 11.3 Å². The van der Waals surface area contributed by atoms with Gasteiger partial charge in [0.15, 0.2) is 4.80 Å². The lowest BCUT2D eigenvalue weighted by Crippen LogP contribution is -2.40. The molecular formula is C32H33N3O4S. The van der Waals surface area contributed by atoms with Crippen LogP contribution in [-0.2, 0) is 9.53 Å². The zero-order valence-electron chi connectivity index (χ0n) is 23.4. The number of carbonyl (C=O) groups is 1. The lowest BCUT2D eigenvalue weighted by atomic mass is 9.90. The van der Waals surface area contributed by atoms with Crippen molar-refractivity contribution in [3.63, 3.8) is 0 Å². The molecule has 7 nitrogen and oxygen atoms in total. The molecule has 4 aromatic rings. The molecule has 1 aliphatic heterocycles. The van der Waals surface area contributed by atoms with Crippen LogP contribution in [0.15, 0.2) is 81.7 Å². The van der Waals surface area contributed by atoms with Gasteiger partial charge in [-0.25, -0.2) is 9.79 Å². The van der Waals surface area contributed by atoms with Crippen LogP contribution in [-0.4, -0.2) is 37.3 Å². The highest BCUT2D eigenvalue weighted by Crippen LogP contribution is 2.40. The van der Waals surface area contributed by atoms with Crippen LogP contribution in [0.5, 0.6) is 5.75 Å². The molecule has 1 atom stereocenters. The molecule has 3 aromatic carbocycles. The number of methoxy groups -OCH3 is 1. The maximum atomic E-state index is 14.1. The summed E-state index contributed by atoms with van der Waals surface area (Å²) in [5, 5.41) is 1.87. The first-order chi connectivity index (χ1) is 19.4. The van der Waals surface area contributed by atoms with Crippen LogP contribution in [0.1, 0.15) is 44.9 Å². The van der Waals surface area contributed by atoms with Gasteiger partial charge in [0.25, 0.3) is 5.56 Å². The van der Waals surface area contributed by atoms with Gasteiger partial charge in [-0.1, -0.05) is 53.8 Å².